The smallest absolute Gasteiger partial charge is 0.151 e. The fraction of sp³-hybridized carbons (Fsp3) is 0.0175. The van der Waals surface area contributed by atoms with Crippen LogP contribution in [0.1, 0.15) is 33.4 Å². The van der Waals surface area contributed by atoms with E-state index in [-0.39, 0.29) is 0 Å². The van der Waals surface area contributed by atoms with Crippen molar-refractivity contribution in [3.05, 3.63) is 240 Å². The maximum Gasteiger partial charge on any atom is 0.151 e. The van der Waals surface area contributed by atoms with Gasteiger partial charge in [-0.1, -0.05) is 140 Å². The summed E-state index contributed by atoms with van der Waals surface area (Å²) in [6, 6.07) is 74.0. The molecule has 0 aromatic heterocycles. The minimum Gasteiger partial charge on any atom is -0.453 e. The average molecular weight is 781 g/mol. The molecule has 9 aromatic rings. The van der Waals surface area contributed by atoms with Gasteiger partial charge in [0.2, 0.25) is 0 Å². The summed E-state index contributed by atoms with van der Waals surface area (Å²) < 4.78 is 12.7. The quantitative estimate of drug-likeness (QED) is 0.166. The van der Waals surface area contributed by atoms with Crippen LogP contribution < -0.4 is 19.3 Å². The minimum absolute atomic E-state index is 0.505. The van der Waals surface area contributed by atoms with Crippen LogP contribution in [-0.2, 0) is 5.41 Å². The Kier molecular flexibility index (Phi) is 7.19. The third kappa shape index (κ3) is 4.87. The fourth-order valence-electron chi connectivity index (χ4n) is 10.3. The van der Waals surface area contributed by atoms with Crippen molar-refractivity contribution in [1.82, 2.24) is 0 Å². The molecular weight excluding hydrogens is 745 g/mol. The van der Waals surface area contributed by atoms with E-state index in [0.717, 1.165) is 68.2 Å². The molecule has 0 amide bonds. The molecule has 2 aliphatic heterocycles. The van der Waals surface area contributed by atoms with E-state index < -0.39 is 5.41 Å². The summed E-state index contributed by atoms with van der Waals surface area (Å²) in [5.41, 5.74) is 18.4. The van der Waals surface area contributed by atoms with E-state index in [1.165, 1.54) is 44.5 Å². The van der Waals surface area contributed by atoms with E-state index in [9.17, 15) is 0 Å². The first kappa shape index (κ1) is 33.8. The van der Waals surface area contributed by atoms with E-state index in [1.54, 1.807) is 0 Å². The molecule has 0 unspecified atom stereocenters. The molecular formula is C57H36N2O2. The van der Waals surface area contributed by atoms with Crippen LogP contribution in [0.25, 0.3) is 34.4 Å². The fourth-order valence-corrected chi connectivity index (χ4v) is 10.3. The Morgan fingerprint density at radius 1 is 0.311 bits per heavy atom. The van der Waals surface area contributed by atoms with Crippen molar-refractivity contribution in [3.63, 3.8) is 0 Å². The maximum absolute atomic E-state index is 6.43. The van der Waals surface area contributed by atoms with E-state index >= 15 is 0 Å². The molecule has 0 saturated heterocycles. The van der Waals surface area contributed by atoms with Gasteiger partial charge in [-0.2, -0.15) is 0 Å². The highest BCUT2D eigenvalue weighted by atomic mass is 16.5. The van der Waals surface area contributed by atoms with E-state index in [2.05, 4.69) is 192 Å². The van der Waals surface area contributed by atoms with Gasteiger partial charge in [-0.05, 0) is 134 Å². The molecule has 0 saturated carbocycles. The molecule has 4 nitrogen and oxygen atoms in total. The first-order chi connectivity index (χ1) is 30.2. The molecule has 0 atom stereocenters. The predicted octanol–water partition coefficient (Wildman–Crippen LogP) is 15.4. The lowest BCUT2D eigenvalue weighted by Gasteiger charge is -2.34. The number of benzene rings is 9. The number of fused-ring (bicyclic) bond motifs is 14. The van der Waals surface area contributed by atoms with Crippen LogP contribution in [0.3, 0.4) is 0 Å². The average Bonchev–Trinajstić information content (AvgIpc) is 3.78. The molecule has 286 valence electrons. The second kappa shape index (κ2) is 13.0. The van der Waals surface area contributed by atoms with Crippen molar-refractivity contribution < 1.29 is 9.47 Å². The number of para-hydroxylation sites is 8. The maximum atomic E-state index is 6.43. The van der Waals surface area contributed by atoms with Crippen molar-refractivity contribution in [1.29, 1.82) is 0 Å². The molecule has 4 heteroatoms. The number of ether oxygens (including phenoxy) is 2. The Morgan fingerprint density at radius 2 is 0.689 bits per heavy atom. The van der Waals surface area contributed by atoms with Gasteiger partial charge in [-0.15, -0.1) is 0 Å². The van der Waals surface area contributed by atoms with Gasteiger partial charge in [0.25, 0.3) is 0 Å². The van der Waals surface area contributed by atoms with Crippen LogP contribution >= 0.6 is 0 Å². The van der Waals surface area contributed by atoms with Gasteiger partial charge < -0.3 is 19.3 Å². The topological polar surface area (TPSA) is 24.9 Å². The van der Waals surface area contributed by atoms with Gasteiger partial charge in [-0.25, -0.2) is 0 Å². The van der Waals surface area contributed by atoms with Gasteiger partial charge in [0.1, 0.15) is 0 Å². The van der Waals surface area contributed by atoms with Crippen LogP contribution in [-0.4, -0.2) is 0 Å². The van der Waals surface area contributed by atoms with Gasteiger partial charge in [0, 0.05) is 11.4 Å². The third-order valence-corrected chi connectivity index (χ3v) is 12.8. The lowest BCUT2D eigenvalue weighted by molar-refractivity contribution is 0.476. The molecule has 2 aliphatic carbocycles. The van der Waals surface area contributed by atoms with Crippen LogP contribution in [0.15, 0.2) is 206 Å². The van der Waals surface area contributed by atoms with E-state index in [0.29, 0.717) is 0 Å². The van der Waals surface area contributed by atoms with Crippen LogP contribution in [0.5, 0.6) is 23.0 Å². The number of rotatable bonds is 4. The lowest BCUT2D eigenvalue weighted by Crippen LogP contribution is -2.26. The van der Waals surface area contributed by atoms with Crippen molar-refractivity contribution in [2.45, 2.75) is 5.41 Å². The Labute approximate surface area is 354 Å². The monoisotopic (exact) mass is 780 g/mol. The normalized spacial score (nSPS) is 14.2. The number of anilines is 6. The van der Waals surface area contributed by atoms with Gasteiger partial charge in [0.05, 0.1) is 28.2 Å². The van der Waals surface area contributed by atoms with E-state index in [1.807, 2.05) is 36.4 Å². The molecule has 13 rings (SSSR count). The number of hydrogen-bond donors (Lipinski definition) is 0. The molecule has 4 aliphatic rings. The standard InChI is InChI=1S/C57H36N2O2/c1-3-15-45-41(13-1)42-14-2-4-16-46(42)57(45)47-35-38(26-25-37-27-30-39(31-28-37)58-49-17-5-9-21-53(49)60-54-22-10-6-18-50(54)58)29-33-43(47)44-34-32-40(36-48(44)57)59-51-19-7-11-23-55(51)61-56-24-12-8-20-52(56)59/h1-36H/b26-25+. The van der Waals surface area contributed by atoms with E-state index in [4.69, 9.17) is 9.47 Å². The Balaban J connectivity index is 0.930. The molecule has 1 spiro atoms. The first-order valence-corrected chi connectivity index (χ1v) is 20.8. The summed E-state index contributed by atoms with van der Waals surface area (Å²) in [6.45, 7) is 0. The summed E-state index contributed by atoms with van der Waals surface area (Å²) >= 11 is 0. The van der Waals surface area contributed by atoms with Crippen LogP contribution in [0.4, 0.5) is 34.1 Å². The summed E-state index contributed by atoms with van der Waals surface area (Å²) in [4.78, 5) is 4.63. The molecule has 0 radical (unpaired) electrons. The summed E-state index contributed by atoms with van der Waals surface area (Å²) in [5.74, 6) is 3.39. The highest BCUT2D eigenvalue weighted by molar-refractivity contribution is 5.98. The predicted molar refractivity (Wildman–Crippen MR) is 248 cm³/mol. The van der Waals surface area contributed by atoms with Crippen molar-refractivity contribution in [3.8, 4) is 45.3 Å². The Bertz CT molecular complexity index is 3150. The number of hydrogen-bond acceptors (Lipinski definition) is 4. The summed E-state index contributed by atoms with van der Waals surface area (Å²) in [7, 11) is 0. The summed E-state index contributed by atoms with van der Waals surface area (Å²) in [6.07, 6.45) is 4.48. The highest BCUT2D eigenvalue weighted by Crippen LogP contribution is 2.64. The SMILES string of the molecule is C(=C\c1ccc2c(c1)C1(c3ccccc3-c3ccccc31)c1cc(N3c4ccccc4Oc4ccccc43)ccc1-2)/c1ccc(N2c3ccccc3Oc3ccccc32)cc1. The van der Waals surface area contributed by atoms with Gasteiger partial charge in [-0.3, -0.25) is 0 Å². The highest BCUT2D eigenvalue weighted by Gasteiger charge is 2.52. The van der Waals surface area contributed by atoms with Crippen LogP contribution in [0, 0.1) is 0 Å². The van der Waals surface area contributed by atoms with Gasteiger partial charge in [0.15, 0.2) is 23.0 Å². The second-order valence-corrected chi connectivity index (χ2v) is 16.0. The molecule has 0 N–H and O–H groups in total. The van der Waals surface area contributed by atoms with Crippen molar-refractivity contribution >= 4 is 46.3 Å². The molecule has 0 fully saturated rings. The molecule has 0 bridgehead atoms. The lowest BCUT2D eigenvalue weighted by atomic mass is 9.70. The summed E-state index contributed by atoms with van der Waals surface area (Å²) in [5, 5.41) is 0. The molecule has 61 heavy (non-hydrogen) atoms. The molecule has 9 aromatic carbocycles. The minimum atomic E-state index is -0.505. The Morgan fingerprint density at radius 3 is 1.23 bits per heavy atom. The second-order valence-electron chi connectivity index (χ2n) is 16.0. The van der Waals surface area contributed by atoms with Crippen molar-refractivity contribution in [2.24, 2.45) is 0 Å². The largest absolute Gasteiger partial charge is 0.453 e. The van der Waals surface area contributed by atoms with Crippen molar-refractivity contribution in [2.75, 3.05) is 9.80 Å². The Hall–Kier alpha value is -8.08. The van der Waals surface area contributed by atoms with Gasteiger partial charge >= 0.3 is 0 Å². The molecule has 2 heterocycles. The third-order valence-electron chi connectivity index (χ3n) is 12.8. The van der Waals surface area contributed by atoms with Crippen LogP contribution in [0.2, 0.25) is 0 Å². The zero-order chi connectivity index (χ0) is 40.1. The number of nitrogens with zero attached hydrogens (tertiary/aromatic N) is 2. The zero-order valence-corrected chi connectivity index (χ0v) is 33.0. The zero-order valence-electron chi connectivity index (χ0n) is 33.0. The first-order valence-electron chi connectivity index (χ1n) is 20.8.